The Morgan fingerprint density at radius 3 is 2.60 bits per heavy atom. The highest BCUT2D eigenvalue weighted by molar-refractivity contribution is 5.55. The van der Waals surface area contributed by atoms with Crippen molar-refractivity contribution in [2.45, 2.75) is 19.4 Å². The number of pyridine rings is 1. The molecule has 1 aromatic heterocycles. The van der Waals surface area contributed by atoms with Gasteiger partial charge < -0.3 is 10.0 Å². The van der Waals surface area contributed by atoms with Crippen LogP contribution in [0.1, 0.15) is 24.2 Å². The lowest BCUT2D eigenvalue weighted by molar-refractivity contribution is 0.199. The maximum Gasteiger partial charge on any atom is 0.146 e. The summed E-state index contributed by atoms with van der Waals surface area (Å²) in [4.78, 5) is 5.82. The van der Waals surface area contributed by atoms with Crippen molar-refractivity contribution in [1.29, 1.82) is 0 Å². The number of likely N-dealkylation sites (N-methyl/N-ethyl adjacent to an activating group) is 1. The normalized spacial score (nSPS) is 12.2. The van der Waals surface area contributed by atoms with E-state index >= 15 is 0 Å². The number of aliphatic hydroxyl groups is 1. The summed E-state index contributed by atoms with van der Waals surface area (Å²) in [6, 6.07) is 8.70. The van der Waals surface area contributed by atoms with Gasteiger partial charge in [0.1, 0.15) is 5.82 Å². The Kier molecular flexibility index (Phi) is 4.69. The van der Waals surface area contributed by atoms with Gasteiger partial charge in [0, 0.05) is 31.5 Å². The molecule has 0 aliphatic carbocycles. The first kappa shape index (κ1) is 14.5. The largest absolute Gasteiger partial charge is 0.389 e. The molecule has 1 atom stereocenters. The van der Waals surface area contributed by atoms with E-state index in [9.17, 15) is 9.50 Å². The SMILES string of the molecule is C[C@@H](O)c1cccc(F)c1N(C)CCc1ccncc1. The van der Waals surface area contributed by atoms with Gasteiger partial charge in [-0.3, -0.25) is 4.98 Å². The summed E-state index contributed by atoms with van der Waals surface area (Å²) in [5, 5.41) is 9.76. The molecule has 0 spiro atoms. The summed E-state index contributed by atoms with van der Waals surface area (Å²) in [6.07, 6.45) is 3.61. The topological polar surface area (TPSA) is 36.4 Å². The molecule has 0 saturated heterocycles. The van der Waals surface area contributed by atoms with Gasteiger partial charge in [-0.1, -0.05) is 12.1 Å². The van der Waals surface area contributed by atoms with E-state index in [1.54, 1.807) is 31.5 Å². The van der Waals surface area contributed by atoms with Crippen molar-refractivity contribution in [3.63, 3.8) is 0 Å². The highest BCUT2D eigenvalue weighted by Crippen LogP contribution is 2.28. The Hall–Kier alpha value is -1.94. The van der Waals surface area contributed by atoms with Crippen molar-refractivity contribution >= 4 is 5.69 Å². The van der Waals surface area contributed by atoms with Crippen LogP contribution < -0.4 is 4.90 Å². The lowest BCUT2D eigenvalue weighted by Crippen LogP contribution is -2.23. The van der Waals surface area contributed by atoms with E-state index in [2.05, 4.69) is 4.98 Å². The molecule has 2 aromatic rings. The second-order valence-electron chi connectivity index (χ2n) is 4.88. The number of rotatable bonds is 5. The monoisotopic (exact) mass is 274 g/mol. The Morgan fingerprint density at radius 1 is 1.25 bits per heavy atom. The minimum atomic E-state index is -0.691. The van der Waals surface area contributed by atoms with E-state index in [1.165, 1.54) is 6.07 Å². The second kappa shape index (κ2) is 6.48. The molecular formula is C16H19FN2O. The molecule has 0 saturated carbocycles. The fraction of sp³-hybridized carbons (Fsp3) is 0.312. The maximum atomic E-state index is 14.0. The van der Waals surface area contributed by atoms with Gasteiger partial charge in [0.2, 0.25) is 0 Å². The summed E-state index contributed by atoms with van der Waals surface area (Å²) >= 11 is 0. The Labute approximate surface area is 118 Å². The van der Waals surface area contributed by atoms with Gasteiger partial charge >= 0.3 is 0 Å². The molecule has 106 valence electrons. The van der Waals surface area contributed by atoms with Crippen LogP contribution in [0.5, 0.6) is 0 Å². The minimum Gasteiger partial charge on any atom is -0.389 e. The molecule has 2 rings (SSSR count). The maximum absolute atomic E-state index is 14.0. The van der Waals surface area contributed by atoms with Crippen LogP contribution in [-0.4, -0.2) is 23.7 Å². The number of aliphatic hydroxyl groups excluding tert-OH is 1. The first-order valence-electron chi connectivity index (χ1n) is 6.66. The number of halogens is 1. The van der Waals surface area contributed by atoms with E-state index < -0.39 is 6.10 Å². The molecule has 0 radical (unpaired) electrons. The van der Waals surface area contributed by atoms with Gasteiger partial charge in [0.15, 0.2) is 0 Å². The summed E-state index contributed by atoms with van der Waals surface area (Å²) in [7, 11) is 1.84. The summed E-state index contributed by atoms with van der Waals surface area (Å²) < 4.78 is 14.0. The number of nitrogens with zero attached hydrogens (tertiary/aromatic N) is 2. The van der Waals surface area contributed by atoms with Gasteiger partial charge in [-0.05, 0) is 37.1 Å². The number of benzene rings is 1. The number of para-hydroxylation sites is 1. The highest BCUT2D eigenvalue weighted by atomic mass is 19.1. The van der Waals surface area contributed by atoms with Crippen LogP contribution in [0.4, 0.5) is 10.1 Å². The smallest absolute Gasteiger partial charge is 0.146 e. The van der Waals surface area contributed by atoms with Crippen LogP contribution >= 0.6 is 0 Å². The molecule has 1 aromatic carbocycles. The van der Waals surface area contributed by atoms with Crippen LogP contribution in [0.2, 0.25) is 0 Å². The minimum absolute atomic E-state index is 0.305. The van der Waals surface area contributed by atoms with Crippen LogP contribution in [0.3, 0.4) is 0 Å². The number of anilines is 1. The zero-order valence-corrected chi connectivity index (χ0v) is 11.8. The average molecular weight is 274 g/mol. The van der Waals surface area contributed by atoms with Crippen molar-refractivity contribution in [2.75, 3.05) is 18.5 Å². The molecule has 3 nitrogen and oxygen atoms in total. The zero-order chi connectivity index (χ0) is 14.5. The molecule has 4 heteroatoms. The molecule has 0 aliphatic heterocycles. The third-order valence-electron chi connectivity index (χ3n) is 3.34. The third kappa shape index (κ3) is 3.33. The van der Waals surface area contributed by atoms with Crippen LogP contribution in [0.15, 0.2) is 42.7 Å². The van der Waals surface area contributed by atoms with Crippen LogP contribution in [-0.2, 0) is 6.42 Å². The number of hydrogen-bond acceptors (Lipinski definition) is 3. The molecule has 0 unspecified atom stereocenters. The zero-order valence-electron chi connectivity index (χ0n) is 11.8. The molecule has 20 heavy (non-hydrogen) atoms. The first-order valence-corrected chi connectivity index (χ1v) is 6.66. The molecular weight excluding hydrogens is 255 g/mol. The van der Waals surface area contributed by atoms with Crippen molar-refractivity contribution in [3.8, 4) is 0 Å². The van der Waals surface area contributed by atoms with E-state index in [-0.39, 0.29) is 5.82 Å². The lowest BCUT2D eigenvalue weighted by atomic mass is 10.1. The Balaban J connectivity index is 2.15. The predicted octanol–water partition coefficient (Wildman–Crippen LogP) is 2.95. The third-order valence-corrected chi connectivity index (χ3v) is 3.34. The van der Waals surface area contributed by atoms with Gasteiger partial charge in [0.05, 0.1) is 11.8 Å². The molecule has 1 N–H and O–H groups in total. The fourth-order valence-corrected chi connectivity index (χ4v) is 2.23. The highest BCUT2D eigenvalue weighted by Gasteiger charge is 2.15. The van der Waals surface area contributed by atoms with Gasteiger partial charge in [-0.25, -0.2) is 4.39 Å². The number of aromatic nitrogens is 1. The standard InChI is InChI=1S/C16H19FN2O/c1-12(20)14-4-3-5-15(17)16(14)19(2)11-8-13-6-9-18-10-7-13/h3-7,9-10,12,20H,8,11H2,1-2H3/t12-/m1/s1. The Bertz CT molecular complexity index is 558. The summed E-state index contributed by atoms with van der Waals surface area (Å²) in [5.74, 6) is -0.305. The van der Waals surface area contributed by atoms with Crippen LogP contribution in [0.25, 0.3) is 0 Å². The van der Waals surface area contributed by atoms with E-state index in [0.29, 0.717) is 17.8 Å². The molecule has 0 amide bonds. The molecule has 0 fully saturated rings. The van der Waals surface area contributed by atoms with Gasteiger partial charge in [-0.2, -0.15) is 0 Å². The van der Waals surface area contributed by atoms with Crippen molar-refractivity contribution < 1.29 is 9.50 Å². The quantitative estimate of drug-likeness (QED) is 0.910. The van der Waals surface area contributed by atoms with E-state index in [4.69, 9.17) is 0 Å². The Morgan fingerprint density at radius 2 is 1.95 bits per heavy atom. The first-order chi connectivity index (χ1) is 9.59. The van der Waals surface area contributed by atoms with Crippen LogP contribution in [0, 0.1) is 5.82 Å². The van der Waals surface area contributed by atoms with Gasteiger partial charge in [-0.15, -0.1) is 0 Å². The van der Waals surface area contributed by atoms with Crippen molar-refractivity contribution in [3.05, 3.63) is 59.7 Å². The molecule has 0 bridgehead atoms. The molecule has 0 aliphatic rings. The summed E-state index contributed by atoms with van der Waals surface area (Å²) in [6.45, 7) is 2.32. The van der Waals surface area contributed by atoms with E-state index in [1.807, 2.05) is 24.1 Å². The predicted molar refractivity (Wildman–Crippen MR) is 78.2 cm³/mol. The van der Waals surface area contributed by atoms with Gasteiger partial charge in [0.25, 0.3) is 0 Å². The van der Waals surface area contributed by atoms with E-state index in [0.717, 1.165) is 12.0 Å². The lowest BCUT2D eigenvalue weighted by Gasteiger charge is -2.24. The average Bonchev–Trinajstić information content (AvgIpc) is 2.45. The summed E-state index contributed by atoms with van der Waals surface area (Å²) in [5.41, 5.74) is 2.24. The molecule has 1 heterocycles. The number of hydrogen-bond donors (Lipinski definition) is 1. The van der Waals surface area contributed by atoms with Crippen molar-refractivity contribution in [2.24, 2.45) is 0 Å². The fourth-order valence-electron chi connectivity index (χ4n) is 2.23. The second-order valence-corrected chi connectivity index (χ2v) is 4.88. The van der Waals surface area contributed by atoms with Crippen molar-refractivity contribution in [1.82, 2.24) is 4.98 Å².